The Kier molecular flexibility index (Phi) is 3.81. The maximum Gasteiger partial charge on any atom is 0.303 e. The van der Waals surface area contributed by atoms with E-state index in [4.69, 9.17) is 21.1 Å². The lowest BCUT2D eigenvalue weighted by molar-refractivity contribution is -0.137. The number of aliphatic carboxylic acids is 1. The topological polar surface area (TPSA) is 63.3 Å². The van der Waals surface area contributed by atoms with Crippen LogP contribution < -0.4 is 0 Å². The van der Waals surface area contributed by atoms with Gasteiger partial charge in [-0.15, -0.1) is 0 Å². The molecular weight excluding hydrogens is 261 g/mol. The van der Waals surface area contributed by atoms with Crippen molar-refractivity contribution < 1.29 is 18.7 Å². The average molecular weight is 272 g/mol. The Morgan fingerprint density at radius 3 is 2.94 bits per heavy atom. The molecule has 0 fully saturated rings. The molecule has 1 heterocycles. The van der Waals surface area contributed by atoms with Gasteiger partial charge in [-0.3, -0.25) is 4.79 Å². The Bertz CT molecular complexity index is 543. The van der Waals surface area contributed by atoms with Crippen LogP contribution >= 0.6 is 11.6 Å². The van der Waals surface area contributed by atoms with E-state index >= 15 is 0 Å². The molecule has 2 rings (SSSR count). The monoisotopic (exact) mass is 271 g/mol. The van der Waals surface area contributed by atoms with Crippen LogP contribution in [0.15, 0.2) is 16.5 Å². The fraction of sp³-hybridized carbons (Fsp3) is 0.333. The molecule has 1 aromatic heterocycles. The van der Waals surface area contributed by atoms with Crippen LogP contribution in [-0.2, 0) is 11.2 Å². The molecule has 0 amide bonds. The molecule has 0 spiro atoms. The molecule has 1 N–H and O–H groups in total. The Balaban J connectivity index is 2.04. The molecule has 4 nitrogen and oxygen atoms in total. The normalized spacial score (nSPS) is 11.0. The minimum Gasteiger partial charge on any atom is -0.481 e. The van der Waals surface area contributed by atoms with Crippen LogP contribution in [0.25, 0.3) is 11.1 Å². The van der Waals surface area contributed by atoms with Crippen LogP contribution in [0.3, 0.4) is 0 Å². The van der Waals surface area contributed by atoms with Crippen molar-refractivity contribution in [3.05, 3.63) is 28.9 Å². The highest BCUT2D eigenvalue weighted by Crippen LogP contribution is 2.23. The van der Waals surface area contributed by atoms with Gasteiger partial charge in [0.15, 0.2) is 11.5 Å². The lowest BCUT2D eigenvalue weighted by Crippen LogP contribution is -1.94. The van der Waals surface area contributed by atoms with Crippen LogP contribution in [0.4, 0.5) is 4.39 Å². The highest BCUT2D eigenvalue weighted by Gasteiger charge is 2.09. The second-order valence-corrected chi connectivity index (χ2v) is 4.35. The van der Waals surface area contributed by atoms with Gasteiger partial charge >= 0.3 is 5.97 Å². The maximum atomic E-state index is 13.2. The molecule has 6 heteroatoms. The predicted octanol–water partition coefficient (Wildman–Crippen LogP) is 3.42. The fourth-order valence-electron chi connectivity index (χ4n) is 1.63. The number of oxazole rings is 1. The molecule has 1 aromatic carbocycles. The molecule has 18 heavy (non-hydrogen) atoms. The van der Waals surface area contributed by atoms with E-state index in [-0.39, 0.29) is 11.4 Å². The number of carboxylic acids is 1. The van der Waals surface area contributed by atoms with E-state index in [1.165, 1.54) is 12.1 Å². The van der Waals surface area contributed by atoms with Crippen LogP contribution in [0.5, 0.6) is 0 Å². The number of unbranched alkanes of at least 4 members (excludes halogenated alkanes) is 1. The van der Waals surface area contributed by atoms with Crippen molar-refractivity contribution in [3.8, 4) is 0 Å². The minimum atomic E-state index is -0.818. The number of hydrogen-bond acceptors (Lipinski definition) is 3. The fourth-order valence-corrected chi connectivity index (χ4v) is 1.79. The summed E-state index contributed by atoms with van der Waals surface area (Å²) in [6, 6.07) is 2.61. The first-order chi connectivity index (χ1) is 8.56. The second kappa shape index (κ2) is 5.35. The highest BCUT2D eigenvalue weighted by molar-refractivity contribution is 6.31. The summed E-state index contributed by atoms with van der Waals surface area (Å²) in [5.41, 5.74) is 0.861. The number of rotatable bonds is 5. The molecule has 0 saturated heterocycles. The van der Waals surface area contributed by atoms with Gasteiger partial charge in [0, 0.05) is 18.9 Å². The average Bonchev–Trinajstić information content (AvgIpc) is 2.67. The van der Waals surface area contributed by atoms with E-state index in [1.54, 1.807) is 0 Å². The van der Waals surface area contributed by atoms with E-state index < -0.39 is 11.8 Å². The van der Waals surface area contributed by atoms with E-state index in [9.17, 15) is 9.18 Å². The van der Waals surface area contributed by atoms with E-state index in [0.717, 1.165) is 0 Å². The third-order valence-corrected chi connectivity index (χ3v) is 2.80. The van der Waals surface area contributed by atoms with Gasteiger partial charge in [-0.25, -0.2) is 9.37 Å². The largest absolute Gasteiger partial charge is 0.481 e. The summed E-state index contributed by atoms with van der Waals surface area (Å²) >= 11 is 5.64. The van der Waals surface area contributed by atoms with Crippen LogP contribution in [0, 0.1) is 5.82 Å². The van der Waals surface area contributed by atoms with Gasteiger partial charge in [0.25, 0.3) is 0 Å². The number of aryl methyl sites for hydroxylation is 1. The molecule has 0 aliphatic heterocycles. The lowest BCUT2D eigenvalue weighted by atomic mass is 10.2. The summed E-state index contributed by atoms with van der Waals surface area (Å²) in [5, 5.41) is 8.50. The van der Waals surface area contributed by atoms with E-state index in [2.05, 4.69) is 4.98 Å². The number of carbonyl (C=O) groups is 1. The first kappa shape index (κ1) is 12.8. The number of fused-ring (bicyclic) bond motifs is 1. The smallest absolute Gasteiger partial charge is 0.303 e. The van der Waals surface area contributed by atoms with Crippen molar-refractivity contribution in [2.75, 3.05) is 0 Å². The minimum absolute atomic E-state index is 0.00762. The Hall–Kier alpha value is -1.62. The number of benzene rings is 1. The van der Waals surface area contributed by atoms with Gasteiger partial charge < -0.3 is 9.52 Å². The van der Waals surface area contributed by atoms with Crippen molar-refractivity contribution >= 4 is 28.7 Å². The summed E-state index contributed by atoms with van der Waals surface area (Å²) in [5.74, 6) is -0.892. The van der Waals surface area contributed by atoms with Crippen molar-refractivity contribution in [2.45, 2.75) is 25.7 Å². The standard InChI is InChI=1S/C12H11ClFNO3/c13-7-5-9-10(6-8(7)14)18-11(15-9)3-1-2-4-12(16)17/h5-6H,1-4H2,(H,16,17). The van der Waals surface area contributed by atoms with Gasteiger partial charge in [-0.1, -0.05) is 11.6 Å². The predicted molar refractivity (Wildman–Crippen MR) is 64.2 cm³/mol. The van der Waals surface area contributed by atoms with Gasteiger partial charge in [-0.2, -0.15) is 0 Å². The maximum absolute atomic E-state index is 13.2. The first-order valence-electron chi connectivity index (χ1n) is 5.52. The summed E-state index contributed by atoms with van der Waals surface area (Å²) in [6.45, 7) is 0. The van der Waals surface area contributed by atoms with Crippen LogP contribution in [0.1, 0.15) is 25.2 Å². The molecule has 0 radical (unpaired) electrons. The molecule has 2 aromatic rings. The molecule has 0 unspecified atom stereocenters. The first-order valence-corrected chi connectivity index (χ1v) is 5.90. The van der Waals surface area contributed by atoms with E-state index in [1.807, 2.05) is 0 Å². The Morgan fingerprint density at radius 1 is 1.44 bits per heavy atom. The van der Waals surface area contributed by atoms with Gasteiger partial charge in [0.2, 0.25) is 0 Å². The summed E-state index contributed by atoms with van der Waals surface area (Å²) < 4.78 is 18.5. The van der Waals surface area contributed by atoms with Gasteiger partial charge in [-0.05, 0) is 18.9 Å². The summed E-state index contributed by atoms with van der Waals surface area (Å²) in [7, 11) is 0. The lowest BCUT2D eigenvalue weighted by Gasteiger charge is -1.93. The number of carboxylic acid groups (broad SMARTS) is 1. The Morgan fingerprint density at radius 2 is 2.22 bits per heavy atom. The molecular formula is C12H11ClFNO3. The van der Waals surface area contributed by atoms with Crippen LogP contribution in [-0.4, -0.2) is 16.1 Å². The third-order valence-electron chi connectivity index (χ3n) is 2.51. The summed E-state index contributed by atoms with van der Waals surface area (Å²) in [6.07, 6.45) is 1.88. The Labute approximate surface area is 107 Å². The van der Waals surface area contributed by atoms with Gasteiger partial charge in [0.05, 0.1) is 5.02 Å². The van der Waals surface area contributed by atoms with Crippen molar-refractivity contribution in [3.63, 3.8) is 0 Å². The zero-order valence-corrected chi connectivity index (χ0v) is 10.2. The number of halogens is 2. The van der Waals surface area contributed by atoms with Crippen molar-refractivity contribution in [1.82, 2.24) is 4.98 Å². The molecule has 0 atom stereocenters. The second-order valence-electron chi connectivity index (χ2n) is 3.94. The van der Waals surface area contributed by atoms with Crippen molar-refractivity contribution in [2.24, 2.45) is 0 Å². The zero-order valence-electron chi connectivity index (χ0n) is 9.45. The van der Waals surface area contributed by atoms with Crippen molar-refractivity contribution in [1.29, 1.82) is 0 Å². The molecule has 0 saturated carbocycles. The molecule has 96 valence electrons. The number of hydrogen-bond donors (Lipinski definition) is 1. The molecule has 0 bridgehead atoms. The quantitative estimate of drug-likeness (QED) is 0.847. The number of nitrogens with zero attached hydrogens (tertiary/aromatic N) is 1. The highest BCUT2D eigenvalue weighted by atomic mass is 35.5. The molecule has 0 aliphatic rings. The third kappa shape index (κ3) is 2.98. The van der Waals surface area contributed by atoms with E-state index in [0.29, 0.717) is 36.3 Å². The zero-order chi connectivity index (χ0) is 13.1. The SMILES string of the molecule is O=C(O)CCCCc1nc2cc(Cl)c(F)cc2o1. The summed E-state index contributed by atoms with van der Waals surface area (Å²) in [4.78, 5) is 14.5. The number of aromatic nitrogens is 1. The molecule has 0 aliphatic carbocycles. The van der Waals surface area contributed by atoms with Crippen LogP contribution in [0.2, 0.25) is 5.02 Å². The van der Waals surface area contributed by atoms with Gasteiger partial charge in [0.1, 0.15) is 11.3 Å².